The van der Waals surface area contributed by atoms with E-state index in [-0.39, 0.29) is 0 Å². The zero-order chi connectivity index (χ0) is 37.2. The first-order valence-electron chi connectivity index (χ1n) is 28.6. The van der Waals surface area contributed by atoms with Gasteiger partial charge in [-0.2, -0.15) is 0 Å². The Morgan fingerprint density at radius 3 is 0.533 bits per heavy atom. The van der Waals surface area contributed by atoms with Crippen LogP contribution in [0, 0.1) is 268 Å². The van der Waals surface area contributed by atoms with Gasteiger partial charge in [-0.3, -0.25) is 0 Å². The second-order valence-electron chi connectivity index (χ2n) is 37.5. The van der Waals surface area contributed by atoms with Crippen LogP contribution in [0.1, 0.15) is 83.1 Å². The summed E-state index contributed by atoms with van der Waals surface area (Å²) in [5.41, 5.74) is 28.4. The Hall–Kier alpha value is 0. The smallest absolute Gasteiger partial charge is 0.000371 e. The molecule has 0 nitrogen and oxygen atoms in total. The van der Waals surface area contributed by atoms with Crippen molar-refractivity contribution in [2.45, 2.75) is 83.1 Å². The van der Waals surface area contributed by atoms with Gasteiger partial charge in [0, 0.05) is 0 Å². The van der Waals surface area contributed by atoms with Gasteiger partial charge in [-0.1, -0.05) is 83.1 Å². The minimum Gasteiger partial charge on any atom is -0.0616 e. The summed E-state index contributed by atoms with van der Waals surface area (Å²) in [5.74, 6) is 19.5. The monoisotopic (exact) mass is 772 g/mol. The lowest BCUT2D eigenvalue weighted by atomic mass is 8.32. The van der Waals surface area contributed by atoms with E-state index in [0.29, 0.717) is 43.3 Å². The molecule has 60 heavy (non-hydrogen) atoms. The van der Waals surface area contributed by atoms with Gasteiger partial charge in [0.25, 0.3) is 0 Å². The highest BCUT2D eigenvalue weighted by atomic mass is 15.7. The Labute approximate surface area is 349 Å². The summed E-state index contributed by atoms with van der Waals surface area (Å²) in [6.07, 6.45) is 0. The van der Waals surface area contributed by atoms with Gasteiger partial charge in [0.2, 0.25) is 0 Å². The molecular formula is C60H52. The molecule has 35 rings (SSSR count). The molecule has 35 aliphatic carbocycles. The summed E-state index contributed by atoms with van der Waals surface area (Å²) in [6.45, 7) is 37.4. The Morgan fingerprint density at radius 1 is 0.183 bits per heavy atom. The maximum absolute atomic E-state index is 3.23. The van der Waals surface area contributed by atoms with Crippen molar-refractivity contribution in [3.8, 4) is 0 Å². The molecule has 44 atom stereocenters. The van der Waals surface area contributed by atoms with Crippen LogP contribution >= 0.6 is 0 Å². The van der Waals surface area contributed by atoms with Crippen molar-refractivity contribution in [2.75, 3.05) is 0 Å². The van der Waals surface area contributed by atoms with Gasteiger partial charge in [0.05, 0.1) is 0 Å². The SMILES string of the molecule is CC1C2C3C4C5C6C7C(C)C8(C)C9(C)C%10(C)C%11(C)C(C)C%12C%13C%14C%15C%16C%17C(C)C%18(C)C%19(C)C%20(C)C1(C)C21C32C43C54C65C78C96C%107C%12%11C%138C%149C%15%10C%16%11C%17%18C%19%12C%201C21C%11%12C%102C31C41C56C87C912. The van der Waals surface area contributed by atoms with Crippen molar-refractivity contribution in [1.82, 2.24) is 0 Å². The third-order valence-corrected chi connectivity index (χ3v) is 50.4. The summed E-state index contributed by atoms with van der Waals surface area (Å²) in [4.78, 5) is 0. The zero-order valence-corrected chi connectivity index (χ0v) is 37.2. The third-order valence-electron chi connectivity index (χ3n) is 50.4. The van der Waals surface area contributed by atoms with E-state index < -0.39 is 0 Å². The fraction of sp³-hybridized carbons (Fsp3) is 1.00. The molecule has 0 saturated heterocycles. The molecule has 292 valence electrons. The Kier molecular flexibility index (Phi) is 1.36. The Balaban J connectivity index is 0.833. The van der Waals surface area contributed by atoms with Crippen LogP contribution in [0.2, 0.25) is 0 Å². The summed E-state index contributed by atoms with van der Waals surface area (Å²) in [5, 5.41) is 0. The average molecular weight is 773 g/mol. The molecule has 0 radical (unpaired) electrons. The molecule has 0 heteroatoms. The zero-order valence-electron chi connectivity index (χ0n) is 37.2. The lowest BCUT2D eigenvalue weighted by Crippen LogP contribution is -3.69. The molecular weight excluding hydrogens is 721 g/mol. The molecule has 0 aromatic rings. The fourth-order valence-electron chi connectivity index (χ4n) is 61.8. The van der Waals surface area contributed by atoms with Crippen LogP contribution in [-0.4, -0.2) is 0 Å². The topological polar surface area (TPSA) is 0 Å². The molecule has 35 saturated carbocycles. The molecule has 0 aromatic carbocycles. The summed E-state index contributed by atoms with van der Waals surface area (Å²) >= 11 is 0. The van der Waals surface area contributed by atoms with Crippen LogP contribution in [0.15, 0.2) is 0 Å². The Bertz CT molecular complexity index is 3300. The van der Waals surface area contributed by atoms with Crippen molar-refractivity contribution in [1.29, 1.82) is 0 Å². The van der Waals surface area contributed by atoms with E-state index in [1.54, 1.807) is 0 Å². The number of fused-ring (bicyclic) bond motifs is 16. The van der Waals surface area contributed by atoms with Crippen molar-refractivity contribution in [3.05, 3.63) is 0 Å². The lowest BCUT2D eigenvalue weighted by Gasteiger charge is -3.70. The van der Waals surface area contributed by atoms with Gasteiger partial charge in [0.15, 0.2) is 0 Å². The third kappa shape index (κ3) is 0.490. The average Bonchev–Trinajstić information content (AvgIpc) is 3.15. The van der Waals surface area contributed by atoms with Crippen molar-refractivity contribution in [3.63, 3.8) is 0 Å². The predicted molar refractivity (Wildman–Crippen MR) is 202 cm³/mol. The molecule has 0 aliphatic heterocycles. The first kappa shape index (κ1) is 23.6. The highest BCUT2D eigenvalue weighted by Gasteiger charge is 3.73. The molecule has 35 fully saturated rings. The van der Waals surface area contributed by atoms with Crippen LogP contribution in [0.5, 0.6) is 0 Å². The lowest BCUT2D eigenvalue weighted by molar-refractivity contribution is -1.26. The van der Waals surface area contributed by atoms with Gasteiger partial charge in [-0.25, -0.2) is 0 Å². The second-order valence-corrected chi connectivity index (χ2v) is 37.5. The summed E-state index contributed by atoms with van der Waals surface area (Å²) < 4.78 is 0. The van der Waals surface area contributed by atoms with Crippen LogP contribution in [0.25, 0.3) is 0 Å². The normalized spacial score (nSPS) is 132. The molecule has 24 spiro atoms. The van der Waals surface area contributed by atoms with E-state index in [9.17, 15) is 0 Å². The molecule has 0 heterocycles. The highest BCUT2D eigenvalue weighted by Crippen LogP contribution is 3.74. The van der Waals surface area contributed by atoms with Crippen LogP contribution < -0.4 is 0 Å². The molecule has 35 aliphatic rings. The van der Waals surface area contributed by atoms with Gasteiger partial charge < -0.3 is 0 Å². The van der Waals surface area contributed by atoms with Crippen LogP contribution in [0.3, 0.4) is 0 Å². The number of hydrogen-bond donors (Lipinski definition) is 0. The highest BCUT2D eigenvalue weighted by molar-refractivity contribution is 6.17. The number of rotatable bonds is 0. The standard InChI is InChI=1S/C60H52/c1-13-17-21-25-26-22-19-15(3)31(7)35(11)36(12)32(8)16(4)20-24-28-27-23-18-14(2)30(6)34(10)33(9)29(13,5)37(17)41(21)45(25)46(26)42(22)39(19,31)51(35)52(36)40(20,32)44(24)48(28)47(27)43(23)38(18,30)50(34)49(33,37)53(41)54(43,50)59(47)57(45,53)58(46)55(42,51)56(44,52)60(48,58)59/h13-28H,1-12H3. The Morgan fingerprint density at radius 2 is 0.333 bits per heavy atom. The first-order chi connectivity index (χ1) is 28.6. The largest absolute Gasteiger partial charge is 0.0616 e. The molecule has 0 bridgehead atoms. The van der Waals surface area contributed by atoms with E-state index in [2.05, 4.69) is 83.1 Å². The summed E-state index contributed by atoms with van der Waals surface area (Å²) in [6, 6.07) is 0. The van der Waals surface area contributed by atoms with Gasteiger partial charge in [0.1, 0.15) is 0 Å². The molecule has 0 aromatic heterocycles. The van der Waals surface area contributed by atoms with Crippen molar-refractivity contribution >= 4 is 0 Å². The predicted octanol–water partition coefficient (Wildman–Crippen LogP) is 8.13. The quantitative estimate of drug-likeness (QED) is 0.234. The fourth-order valence-corrected chi connectivity index (χ4v) is 61.8. The van der Waals surface area contributed by atoms with Crippen molar-refractivity contribution < 1.29 is 0 Å². The number of hydrogen-bond acceptors (Lipinski definition) is 0. The molecule has 0 amide bonds. The summed E-state index contributed by atoms with van der Waals surface area (Å²) in [7, 11) is 0. The van der Waals surface area contributed by atoms with Gasteiger partial charge >= 0.3 is 0 Å². The van der Waals surface area contributed by atoms with E-state index in [4.69, 9.17) is 0 Å². The minimum atomic E-state index is 0.689. The van der Waals surface area contributed by atoms with Crippen LogP contribution in [-0.2, 0) is 0 Å². The van der Waals surface area contributed by atoms with E-state index in [0.717, 1.165) is 154 Å². The van der Waals surface area contributed by atoms with E-state index in [1.165, 1.54) is 71.0 Å². The van der Waals surface area contributed by atoms with Crippen LogP contribution in [0.4, 0.5) is 0 Å². The van der Waals surface area contributed by atoms with Gasteiger partial charge in [-0.05, 0) is 268 Å². The van der Waals surface area contributed by atoms with E-state index in [1.807, 2.05) is 0 Å². The molecule has 44 unspecified atom stereocenters. The maximum Gasteiger partial charge on any atom is -0.000371 e. The minimum absolute atomic E-state index is 0.689. The van der Waals surface area contributed by atoms with E-state index >= 15 is 0 Å². The second kappa shape index (κ2) is 3.45. The maximum atomic E-state index is 3.23. The van der Waals surface area contributed by atoms with Gasteiger partial charge in [-0.15, -0.1) is 0 Å². The first-order valence-corrected chi connectivity index (χ1v) is 28.6. The van der Waals surface area contributed by atoms with Crippen molar-refractivity contribution in [2.24, 2.45) is 268 Å². The molecule has 0 N–H and O–H groups in total.